The SMILES string of the molecule is Cc1cn2c(n1)CC(C(=O)Nc1cc(-c3ccncc3)nn1C)CC2. The van der Waals surface area contributed by atoms with Crippen LogP contribution >= 0.6 is 0 Å². The maximum absolute atomic E-state index is 12.7. The van der Waals surface area contributed by atoms with Crippen LogP contribution in [0.4, 0.5) is 5.82 Å². The number of aryl methyl sites for hydroxylation is 3. The highest BCUT2D eigenvalue weighted by molar-refractivity contribution is 5.92. The molecule has 0 aromatic carbocycles. The van der Waals surface area contributed by atoms with Crippen molar-refractivity contribution in [3.8, 4) is 11.3 Å². The van der Waals surface area contributed by atoms with E-state index in [0.717, 1.165) is 35.7 Å². The standard InChI is InChI=1S/C18H20N6O/c1-12-11-24-8-5-14(9-17(24)20-12)18(25)21-16-10-15(22-23(16)2)13-3-6-19-7-4-13/h3-4,6-7,10-11,14H,5,8-9H2,1-2H3,(H,21,25). The first kappa shape index (κ1) is 15.6. The molecule has 25 heavy (non-hydrogen) atoms. The number of nitrogens with zero attached hydrogens (tertiary/aromatic N) is 5. The summed E-state index contributed by atoms with van der Waals surface area (Å²) in [6.45, 7) is 2.82. The van der Waals surface area contributed by atoms with Crippen LogP contribution in [0.25, 0.3) is 11.3 Å². The van der Waals surface area contributed by atoms with Crippen molar-refractivity contribution in [3.63, 3.8) is 0 Å². The number of anilines is 1. The van der Waals surface area contributed by atoms with Gasteiger partial charge >= 0.3 is 0 Å². The molecule has 128 valence electrons. The number of pyridine rings is 1. The highest BCUT2D eigenvalue weighted by Gasteiger charge is 2.26. The largest absolute Gasteiger partial charge is 0.335 e. The molecule has 0 saturated carbocycles. The predicted octanol–water partition coefficient (Wildman–Crippen LogP) is 2.19. The Bertz CT molecular complexity index is 911. The third-order valence-electron chi connectivity index (χ3n) is 4.61. The summed E-state index contributed by atoms with van der Waals surface area (Å²) in [5.74, 6) is 1.65. The van der Waals surface area contributed by atoms with E-state index in [1.807, 2.05) is 38.4 Å². The first-order valence-electron chi connectivity index (χ1n) is 8.38. The van der Waals surface area contributed by atoms with Crippen LogP contribution in [0.2, 0.25) is 0 Å². The molecule has 1 aliphatic rings. The van der Waals surface area contributed by atoms with Gasteiger partial charge in [0.25, 0.3) is 0 Å². The second-order valence-electron chi connectivity index (χ2n) is 6.45. The highest BCUT2D eigenvalue weighted by atomic mass is 16.2. The Morgan fingerprint density at radius 2 is 2.12 bits per heavy atom. The van der Waals surface area contributed by atoms with Gasteiger partial charge < -0.3 is 9.88 Å². The number of imidazole rings is 1. The molecule has 1 N–H and O–H groups in total. The van der Waals surface area contributed by atoms with Crippen LogP contribution in [0.5, 0.6) is 0 Å². The van der Waals surface area contributed by atoms with E-state index in [4.69, 9.17) is 0 Å². The first-order valence-corrected chi connectivity index (χ1v) is 8.38. The Hall–Kier alpha value is -2.96. The van der Waals surface area contributed by atoms with Crippen molar-refractivity contribution in [2.24, 2.45) is 13.0 Å². The molecule has 1 unspecified atom stereocenters. The summed E-state index contributed by atoms with van der Waals surface area (Å²) >= 11 is 0. The normalized spacial score (nSPS) is 16.5. The zero-order chi connectivity index (χ0) is 17.4. The molecule has 3 aromatic heterocycles. The number of hydrogen-bond acceptors (Lipinski definition) is 4. The zero-order valence-electron chi connectivity index (χ0n) is 14.3. The van der Waals surface area contributed by atoms with Crippen molar-refractivity contribution in [3.05, 3.63) is 48.3 Å². The molecule has 0 fully saturated rings. The van der Waals surface area contributed by atoms with Crippen LogP contribution in [0.15, 0.2) is 36.8 Å². The van der Waals surface area contributed by atoms with Crippen LogP contribution in [-0.4, -0.2) is 30.2 Å². The summed E-state index contributed by atoms with van der Waals surface area (Å²) in [5.41, 5.74) is 2.79. The van der Waals surface area contributed by atoms with E-state index in [-0.39, 0.29) is 11.8 Å². The van der Waals surface area contributed by atoms with Gasteiger partial charge in [-0.2, -0.15) is 5.10 Å². The molecule has 1 amide bonds. The lowest BCUT2D eigenvalue weighted by atomic mass is 9.97. The van der Waals surface area contributed by atoms with E-state index < -0.39 is 0 Å². The van der Waals surface area contributed by atoms with E-state index in [1.165, 1.54) is 0 Å². The number of amides is 1. The number of aromatic nitrogens is 5. The quantitative estimate of drug-likeness (QED) is 0.795. The third-order valence-corrected chi connectivity index (χ3v) is 4.61. The summed E-state index contributed by atoms with van der Waals surface area (Å²) in [6, 6.07) is 5.69. The van der Waals surface area contributed by atoms with Crippen LogP contribution < -0.4 is 5.32 Å². The van der Waals surface area contributed by atoms with E-state index >= 15 is 0 Å². The molecule has 0 bridgehead atoms. The minimum Gasteiger partial charge on any atom is -0.335 e. The zero-order valence-corrected chi connectivity index (χ0v) is 14.3. The Balaban J connectivity index is 1.49. The molecule has 3 aromatic rings. The van der Waals surface area contributed by atoms with Crippen molar-refractivity contribution in [1.82, 2.24) is 24.3 Å². The fraction of sp³-hybridized carbons (Fsp3) is 0.333. The van der Waals surface area contributed by atoms with Crippen LogP contribution in [0.1, 0.15) is 17.9 Å². The number of carbonyl (C=O) groups is 1. The fourth-order valence-corrected chi connectivity index (χ4v) is 3.27. The summed E-state index contributed by atoms with van der Waals surface area (Å²) < 4.78 is 3.84. The van der Waals surface area contributed by atoms with Gasteiger partial charge in [0.2, 0.25) is 5.91 Å². The summed E-state index contributed by atoms with van der Waals surface area (Å²) in [5, 5.41) is 7.49. The molecule has 4 heterocycles. The second-order valence-corrected chi connectivity index (χ2v) is 6.45. The Labute approximate surface area is 145 Å². The average molecular weight is 336 g/mol. The Kier molecular flexibility index (Phi) is 3.83. The molecule has 1 atom stereocenters. The lowest BCUT2D eigenvalue weighted by Crippen LogP contribution is -2.30. The van der Waals surface area contributed by atoms with Crippen molar-refractivity contribution in [2.75, 3.05) is 5.32 Å². The van der Waals surface area contributed by atoms with E-state index in [0.29, 0.717) is 12.2 Å². The molecule has 7 nitrogen and oxygen atoms in total. The van der Waals surface area contributed by atoms with Gasteiger partial charge in [-0.05, 0) is 25.5 Å². The number of nitrogens with one attached hydrogen (secondary N) is 1. The van der Waals surface area contributed by atoms with Gasteiger partial charge in [-0.15, -0.1) is 0 Å². The van der Waals surface area contributed by atoms with Gasteiger partial charge in [0.15, 0.2) is 0 Å². The third kappa shape index (κ3) is 3.05. The van der Waals surface area contributed by atoms with Crippen molar-refractivity contribution in [2.45, 2.75) is 26.3 Å². The number of fused-ring (bicyclic) bond motifs is 1. The van der Waals surface area contributed by atoms with Crippen molar-refractivity contribution < 1.29 is 4.79 Å². The Morgan fingerprint density at radius 3 is 2.92 bits per heavy atom. The van der Waals surface area contributed by atoms with Crippen molar-refractivity contribution >= 4 is 11.7 Å². The molecule has 1 aliphatic heterocycles. The van der Waals surface area contributed by atoms with Gasteiger partial charge in [0, 0.05) is 56.2 Å². The number of hydrogen-bond donors (Lipinski definition) is 1. The minimum atomic E-state index is -0.0615. The predicted molar refractivity (Wildman–Crippen MR) is 93.8 cm³/mol. The van der Waals surface area contributed by atoms with E-state index in [2.05, 4.69) is 25.0 Å². The van der Waals surface area contributed by atoms with Gasteiger partial charge in [0.05, 0.1) is 11.4 Å². The number of carbonyl (C=O) groups excluding carboxylic acids is 1. The molecule has 0 aliphatic carbocycles. The monoisotopic (exact) mass is 336 g/mol. The minimum absolute atomic E-state index is 0.0242. The molecular weight excluding hydrogens is 316 g/mol. The smallest absolute Gasteiger partial charge is 0.229 e. The van der Waals surface area contributed by atoms with Crippen LogP contribution in [0, 0.1) is 12.8 Å². The van der Waals surface area contributed by atoms with Gasteiger partial charge in [-0.25, -0.2) is 4.98 Å². The van der Waals surface area contributed by atoms with Gasteiger partial charge in [0.1, 0.15) is 11.6 Å². The lowest BCUT2D eigenvalue weighted by Gasteiger charge is -2.22. The van der Waals surface area contributed by atoms with Gasteiger partial charge in [-0.3, -0.25) is 14.5 Å². The average Bonchev–Trinajstić information content (AvgIpc) is 3.17. The topological polar surface area (TPSA) is 77.6 Å². The molecule has 4 rings (SSSR count). The van der Waals surface area contributed by atoms with E-state index in [1.54, 1.807) is 17.1 Å². The molecule has 0 spiro atoms. The van der Waals surface area contributed by atoms with Gasteiger partial charge in [-0.1, -0.05) is 0 Å². The summed E-state index contributed by atoms with van der Waals surface area (Å²) in [6.07, 6.45) is 7.01. The summed E-state index contributed by atoms with van der Waals surface area (Å²) in [4.78, 5) is 21.2. The maximum Gasteiger partial charge on any atom is 0.229 e. The van der Waals surface area contributed by atoms with E-state index in [9.17, 15) is 4.79 Å². The molecule has 0 saturated heterocycles. The maximum atomic E-state index is 12.7. The fourth-order valence-electron chi connectivity index (χ4n) is 3.27. The molecule has 7 heteroatoms. The Morgan fingerprint density at radius 1 is 1.32 bits per heavy atom. The van der Waals surface area contributed by atoms with Crippen molar-refractivity contribution in [1.29, 1.82) is 0 Å². The van der Waals surface area contributed by atoms with Crippen LogP contribution in [0.3, 0.4) is 0 Å². The summed E-state index contributed by atoms with van der Waals surface area (Å²) in [7, 11) is 1.83. The van der Waals surface area contributed by atoms with Crippen LogP contribution in [-0.2, 0) is 24.8 Å². The number of rotatable bonds is 3. The molecular formula is C18H20N6O. The molecule has 0 radical (unpaired) electrons. The lowest BCUT2D eigenvalue weighted by molar-refractivity contribution is -0.120. The highest BCUT2D eigenvalue weighted by Crippen LogP contribution is 2.24. The second kappa shape index (κ2) is 6.16. The first-order chi connectivity index (χ1) is 12.1.